The van der Waals surface area contributed by atoms with E-state index in [4.69, 9.17) is 24.2 Å². The normalized spacial score (nSPS) is 17.8. The molecule has 2 fully saturated rings. The zero-order valence-corrected chi connectivity index (χ0v) is 36.2. The first kappa shape index (κ1) is 41.6. The zero-order valence-electron chi connectivity index (χ0n) is 35.3. The maximum absolute atomic E-state index is 14.1. The fourth-order valence-corrected chi connectivity index (χ4v) is 10.0. The molecule has 4 amide bonds. The molecule has 0 spiro atoms. The fraction of sp³-hybridized carbons (Fsp3) is 0.319. The number of carbonyl (C=O) groups is 4. The number of nitrogens with zero attached hydrogens (tertiary/aromatic N) is 4. The number of hydrogen-bond donors (Lipinski definition) is 4. The number of amides is 4. The molecule has 5 unspecified atom stereocenters. The van der Waals surface area contributed by atoms with Gasteiger partial charge in [-0.05, 0) is 78.8 Å². The molecule has 5 atom stereocenters. The summed E-state index contributed by atoms with van der Waals surface area (Å²) in [6, 6.07) is 26.0. The first-order chi connectivity index (χ1) is 30.6. The number of aromatic amines is 2. The number of H-pyrrole nitrogens is 2. The monoisotopic (exact) mass is 868 g/mol. The summed E-state index contributed by atoms with van der Waals surface area (Å²) in [4.78, 5) is 73.7. The summed E-state index contributed by atoms with van der Waals surface area (Å²) in [5.41, 5.74) is 5.34. The Bertz CT molecular complexity index is 2840. The third-order valence-electron chi connectivity index (χ3n) is 12.3. The number of alkyl carbamates (subject to hydrolysis) is 2. The van der Waals surface area contributed by atoms with Crippen molar-refractivity contribution in [3.63, 3.8) is 0 Å². The molecule has 7 aromatic rings. The van der Waals surface area contributed by atoms with Gasteiger partial charge in [-0.2, -0.15) is 0 Å². The standard InChI is InChI=1S/C47H48N8O7S/c1-26(60-2)39(52-46(58)61-3)44(56)54-20-8-12-35(54)42-48-25-34(50-42)29-14-15-31-24-38(63-37(31)23-29)30-16-18-32-28(22-30)17-19-33-41(32)51-43(49-33)36-13-9-21-55(36)45(57)40(53-47(59)62-4)27-10-6-5-7-11-27/h5-7,10-11,14-19,22-26,35-36,39-40H,8-9,12-13,20-21H2,1-4H3,(H,48,50)(H,49,51)(H,52,58)(H,53,59). The van der Waals surface area contributed by atoms with Crippen molar-refractivity contribution in [3.8, 4) is 21.7 Å². The molecule has 0 aliphatic carbocycles. The molecule has 2 saturated heterocycles. The Hall–Kier alpha value is -6.78. The van der Waals surface area contributed by atoms with E-state index in [1.54, 1.807) is 23.2 Å². The smallest absolute Gasteiger partial charge is 0.407 e. The highest BCUT2D eigenvalue weighted by Gasteiger charge is 2.39. The zero-order chi connectivity index (χ0) is 43.8. The number of thiophene rings is 1. The molecule has 0 radical (unpaired) electrons. The number of likely N-dealkylation sites (tertiary alicyclic amines) is 2. The molecular weight excluding hydrogens is 821 g/mol. The molecule has 2 aliphatic rings. The lowest BCUT2D eigenvalue weighted by Crippen LogP contribution is -2.54. The number of ether oxygens (including phenoxy) is 3. The summed E-state index contributed by atoms with van der Waals surface area (Å²) in [6.07, 6.45) is 2.99. The maximum atomic E-state index is 14.1. The Labute approximate surface area is 367 Å². The first-order valence-electron chi connectivity index (χ1n) is 21.0. The predicted octanol–water partition coefficient (Wildman–Crippen LogP) is 8.17. The van der Waals surface area contributed by atoms with Gasteiger partial charge in [0.15, 0.2) is 0 Å². The van der Waals surface area contributed by atoms with Gasteiger partial charge >= 0.3 is 12.2 Å². The Morgan fingerprint density at radius 3 is 2.21 bits per heavy atom. The second-order valence-electron chi connectivity index (χ2n) is 16.0. The van der Waals surface area contributed by atoms with Crippen LogP contribution in [0.3, 0.4) is 0 Å². The van der Waals surface area contributed by atoms with Gasteiger partial charge in [-0.3, -0.25) is 9.59 Å². The average molecular weight is 869 g/mol. The number of nitrogens with one attached hydrogen (secondary N) is 4. The van der Waals surface area contributed by atoms with Crippen molar-refractivity contribution in [1.82, 2.24) is 40.4 Å². The topological polar surface area (TPSA) is 184 Å². The minimum absolute atomic E-state index is 0.211. The summed E-state index contributed by atoms with van der Waals surface area (Å²) in [6.45, 7) is 2.83. The molecule has 3 aromatic heterocycles. The van der Waals surface area contributed by atoms with Gasteiger partial charge in [0.1, 0.15) is 23.7 Å². The number of methoxy groups -OCH3 is 3. The summed E-state index contributed by atoms with van der Waals surface area (Å²) in [7, 11) is 4.05. The van der Waals surface area contributed by atoms with Gasteiger partial charge in [0.25, 0.3) is 5.91 Å². The quantitative estimate of drug-likeness (QED) is 0.0996. The van der Waals surface area contributed by atoms with Crippen LogP contribution in [0.15, 0.2) is 91.1 Å². The van der Waals surface area contributed by atoms with E-state index in [0.717, 1.165) is 79.3 Å². The van der Waals surface area contributed by atoms with E-state index >= 15 is 0 Å². The second-order valence-corrected chi connectivity index (χ2v) is 17.1. The summed E-state index contributed by atoms with van der Waals surface area (Å²) >= 11 is 1.72. The third kappa shape index (κ3) is 8.07. The molecule has 0 bridgehead atoms. The van der Waals surface area contributed by atoms with E-state index in [2.05, 4.69) is 69.1 Å². The van der Waals surface area contributed by atoms with E-state index < -0.39 is 30.4 Å². The van der Waals surface area contributed by atoms with Gasteiger partial charge in [0.05, 0.1) is 55.3 Å². The van der Waals surface area contributed by atoms with E-state index in [-0.39, 0.29) is 23.9 Å². The van der Waals surface area contributed by atoms with Crippen LogP contribution >= 0.6 is 11.3 Å². The molecule has 63 heavy (non-hydrogen) atoms. The van der Waals surface area contributed by atoms with E-state index in [0.29, 0.717) is 30.3 Å². The van der Waals surface area contributed by atoms with Crippen LogP contribution in [0.4, 0.5) is 9.59 Å². The molecule has 2 aliphatic heterocycles. The highest BCUT2D eigenvalue weighted by molar-refractivity contribution is 7.22. The number of benzene rings is 4. The predicted molar refractivity (Wildman–Crippen MR) is 240 cm³/mol. The van der Waals surface area contributed by atoms with Gasteiger partial charge in [-0.25, -0.2) is 19.6 Å². The summed E-state index contributed by atoms with van der Waals surface area (Å²) in [5.74, 6) is 0.952. The lowest BCUT2D eigenvalue weighted by atomic mass is 10.0. The van der Waals surface area contributed by atoms with Crippen LogP contribution in [-0.2, 0) is 23.8 Å². The number of rotatable bonds is 11. The number of fused-ring (bicyclic) bond motifs is 4. The van der Waals surface area contributed by atoms with Gasteiger partial charge in [0, 0.05) is 40.7 Å². The van der Waals surface area contributed by atoms with Crippen LogP contribution < -0.4 is 10.6 Å². The van der Waals surface area contributed by atoms with Gasteiger partial charge in [-0.15, -0.1) is 11.3 Å². The minimum Gasteiger partial charge on any atom is -0.453 e. The molecule has 15 nitrogen and oxygen atoms in total. The van der Waals surface area contributed by atoms with Crippen LogP contribution in [0.1, 0.15) is 67.9 Å². The van der Waals surface area contributed by atoms with Crippen LogP contribution in [0.5, 0.6) is 0 Å². The number of imidazole rings is 2. The Balaban J connectivity index is 0.937. The third-order valence-corrected chi connectivity index (χ3v) is 13.4. The molecule has 0 saturated carbocycles. The summed E-state index contributed by atoms with van der Waals surface area (Å²) in [5, 5.41) is 8.59. The minimum atomic E-state index is -0.902. The molecule has 4 N–H and O–H groups in total. The molecule has 5 heterocycles. The van der Waals surface area contributed by atoms with Crippen LogP contribution in [0, 0.1) is 0 Å². The Morgan fingerprint density at radius 2 is 1.46 bits per heavy atom. The van der Waals surface area contributed by atoms with E-state index in [1.807, 2.05) is 47.5 Å². The summed E-state index contributed by atoms with van der Waals surface area (Å²) < 4.78 is 16.2. The van der Waals surface area contributed by atoms with Crippen LogP contribution in [-0.4, -0.2) is 100 Å². The number of hydrogen-bond acceptors (Lipinski definition) is 10. The van der Waals surface area contributed by atoms with Crippen molar-refractivity contribution >= 4 is 67.2 Å². The molecule has 324 valence electrons. The molecule has 9 rings (SSSR count). The van der Waals surface area contributed by atoms with Crippen LogP contribution in [0.25, 0.3) is 53.6 Å². The van der Waals surface area contributed by atoms with Crippen LogP contribution in [0.2, 0.25) is 0 Å². The first-order valence-corrected chi connectivity index (χ1v) is 21.8. The van der Waals surface area contributed by atoms with E-state index in [1.165, 1.54) is 21.3 Å². The van der Waals surface area contributed by atoms with Crippen molar-refractivity contribution in [2.24, 2.45) is 0 Å². The Morgan fingerprint density at radius 1 is 0.762 bits per heavy atom. The number of carbonyl (C=O) groups excluding carboxylic acids is 4. The molecule has 16 heteroatoms. The highest BCUT2D eigenvalue weighted by atomic mass is 32.1. The lowest BCUT2D eigenvalue weighted by molar-refractivity contribution is -0.137. The second kappa shape index (κ2) is 17.5. The Kier molecular flexibility index (Phi) is 11.6. The average Bonchev–Trinajstić information content (AvgIpc) is 4.18. The SMILES string of the molecule is COC(=O)NC(C(=O)N1CCCC1c1nc2ccc3cc(-c4cc5ccc(-c6cnc(C7CCCN7C(=O)C(NC(=O)OC)C(C)OC)[nH]6)cc5s4)ccc3c2[nH]1)c1ccccc1. The molecule has 4 aromatic carbocycles. The van der Waals surface area contributed by atoms with Crippen molar-refractivity contribution in [1.29, 1.82) is 0 Å². The molecular formula is C47H48N8O7S. The van der Waals surface area contributed by atoms with E-state index in [9.17, 15) is 19.2 Å². The van der Waals surface area contributed by atoms with Gasteiger partial charge in [0.2, 0.25) is 5.91 Å². The maximum Gasteiger partial charge on any atom is 0.407 e. The largest absolute Gasteiger partial charge is 0.453 e. The number of aromatic nitrogens is 4. The van der Waals surface area contributed by atoms with Crippen molar-refractivity contribution in [2.75, 3.05) is 34.4 Å². The van der Waals surface area contributed by atoms with Gasteiger partial charge in [-0.1, -0.05) is 60.7 Å². The lowest BCUT2D eigenvalue weighted by Gasteiger charge is -2.30. The van der Waals surface area contributed by atoms with Gasteiger partial charge < -0.3 is 44.6 Å². The van der Waals surface area contributed by atoms with Crippen molar-refractivity contribution in [2.45, 2.75) is 62.9 Å². The fourth-order valence-electron chi connectivity index (χ4n) is 8.92. The highest BCUT2D eigenvalue weighted by Crippen LogP contribution is 2.40. The van der Waals surface area contributed by atoms with Crippen molar-refractivity contribution < 1.29 is 33.4 Å². The van der Waals surface area contributed by atoms with Crippen molar-refractivity contribution in [3.05, 3.63) is 108 Å².